The zero-order valence-corrected chi connectivity index (χ0v) is 13.7. The molecule has 3 rings (SSSR count). The molecule has 0 aromatic rings. The number of halogens is 1. The molecule has 0 bridgehead atoms. The van der Waals surface area contributed by atoms with Crippen molar-refractivity contribution in [3.05, 3.63) is 0 Å². The Morgan fingerprint density at radius 2 is 1.80 bits per heavy atom. The van der Waals surface area contributed by atoms with Gasteiger partial charge in [0.2, 0.25) is 0 Å². The second-order valence-electron chi connectivity index (χ2n) is 6.84. The number of hydrogen-bond donors (Lipinski definition) is 1. The quantitative estimate of drug-likeness (QED) is 0.860. The van der Waals surface area contributed by atoms with Gasteiger partial charge in [-0.15, -0.1) is 12.4 Å². The first-order valence-electron chi connectivity index (χ1n) is 8.59. The Morgan fingerprint density at radius 3 is 2.55 bits per heavy atom. The first-order chi connectivity index (χ1) is 9.42. The lowest BCUT2D eigenvalue weighted by Crippen LogP contribution is -2.41. The Kier molecular flexibility index (Phi) is 7.09. The Morgan fingerprint density at radius 1 is 0.950 bits per heavy atom. The number of nitrogens with zero attached hydrogens (tertiary/aromatic N) is 2. The largest absolute Gasteiger partial charge is 0.316 e. The number of rotatable bonds is 4. The highest BCUT2D eigenvalue weighted by molar-refractivity contribution is 5.85. The lowest BCUT2D eigenvalue weighted by atomic mass is 9.96. The first-order valence-corrected chi connectivity index (χ1v) is 8.59. The van der Waals surface area contributed by atoms with E-state index in [2.05, 4.69) is 15.1 Å². The van der Waals surface area contributed by atoms with Gasteiger partial charge < -0.3 is 10.2 Å². The summed E-state index contributed by atoms with van der Waals surface area (Å²) in [5, 5.41) is 3.54. The van der Waals surface area contributed by atoms with E-state index in [9.17, 15) is 0 Å². The molecule has 3 heterocycles. The van der Waals surface area contributed by atoms with Crippen LogP contribution in [0, 0.1) is 5.92 Å². The molecule has 0 spiro atoms. The van der Waals surface area contributed by atoms with Gasteiger partial charge in [0, 0.05) is 12.6 Å². The number of piperidine rings is 2. The normalized spacial score (nSPS) is 33.0. The summed E-state index contributed by atoms with van der Waals surface area (Å²) in [6.45, 7) is 9.29. The van der Waals surface area contributed by atoms with Crippen molar-refractivity contribution >= 4 is 12.4 Å². The minimum Gasteiger partial charge on any atom is -0.316 e. The molecular formula is C16H32ClN3. The lowest BCUT2D eigenvalue weighted by Gasteiger charge is -2.32. The molecule has 0 aromatic heterocycles. The maximum Gasteiger partial charge on any atom is 0.0235 e. The van der Waals surface area contributed by atoms with Crippen molar-refractivity contribution in [1.82, 2.24) is 15.1 Å². The Labute approximate surface area is 130 Å². The maximum atomic E-state index is 3.54. The summed E-state index contributed by atoms with van der Waals surface area (Å²) < 4.78 is 0. The van der Waals surface area contributed by atoms with Crippen LogP contribution >= 0.6 is 12.4 Å². The van der Waals surface area contributed by atoms with Crippen LogP contribution in [0.3, 0.4) is 0 Å². The summed E-state index contributed by atoms with van der Waals surface area (Å²) in [5.41, 5.74) is 0. The maximum absolute atomic E-state index is 3.54. The first kappa shape index (κ1) is 16.5. The van der Waals surface area contributed by atoms with E-state index in [4.69, 9.17) is 0 Å². The average Bonchev–Trinajstić information content (AvgIpc) is 2.96. The summed E-state index contributed by atoms with van der Waals surface area (Å²) in [5.74, 6) is 0.947. The summed E-state index contributed by atoms with van der Waals surface area (Å²) in [7, 11) is 0. The van der Waals surface area contributed by atoms with Crippen molar-refractivity contribution in [3.8, 4) is 0 Å². The van der Waals surface area contributed by atoms with E-state index in [-0.39, 0.29) is 12.4 Å². The van der Waals surface area contributed by atoms with E-state index in [0.29, 0.717) is 0 Å². The highest BCUT2D eigenvalue weighted by Gasteiger charge is 2.28. The van der Waals surface area contributed by atoms with Gasteiger partial charge in [-0.05, 0) is 83.7 Å². The smallest absolute Gasteiger partial charge is 0.0235 e. The molecule has 3 aliphatic heterocycles. The monoisotopic (exact) mass is 301 g/mol. The van der Waals surface area contributed by atoms with Crippen LogP contribution in [0.5, 0.6) is 0 Å². The van der Waals surface area contributed by atoms with Gasteiger partial charge in [-0.2, -0.15) is 0 Å². The van der Waals surface area contributed by atoms with Crippen LogP contribution in [0.15, 0.2) is 0 Å². The van der Waals surface area contributed by atoms with Gasteiger partial charge in [-0.25, -0.2) is 0 Å². The Balaban J connectivity index is 0.00000147. The van der Waals surface area contributed by atoms with Gasteiger partial charge >= 0.3 is 0 Å². The third-order valence-electron chi connectivity index (χ3n) is 5.41. The summed E-state index contributed by atoms with van der Waals surface area (Å²) in [6.07, 6.45) is 10.0. The SMILES string of the molecule is C1CCN(C2CCN(CCC3CCCNC3)C2)CC1.Cl. The topological polar surface area (TPSA) is 18.5 Å². The fourth-order valence-electron chi connectivity index (χ4n) is 4.13. The number of likely N-dealkylation sites (tertiary alicyclic amines) is 2. The standard InChI is InChI=1S/C16H31N3.ClH/c1-2-9-19(10-3-1)16-7-12-18(14-16)11-6-15-5-4-8-17-13-15;/h15-17H,1-14H2;1H. The van der Waals surface area contributed by atoms with Crippen LogP contribution in [0.25, 0.3) is 0 Å². The van der Waals surface area contributed by atoms with E-state index in [1.807, 2.05) is 0 Å². The molecule has 4 heteroatoms. The summed E-state index contributed by atoms with van der Waals surface area (Å²) >= 11 is 0. The van der Waals surface area contributed by atoms with Crippen LogP contribution in [0.2, 0.25) is 0 Å². The van der Waals surface area contributed by atoms with E-state index in [1.54, 1.807) is 0 Å². The van der Waals surface area contributed by atoms with Crippen molar-refractivity contribution in [1.29, 1.82) is 0 Å². The van der Waals surface area contributed by atoms with Gasteiger partial charge in [-0.3, -0.25) is 4.90 Å². The predicted molar refractivity (Wildman–Crippen MR) is 87.7 cm³/mol. The minimum atomic E-state index is 0. The highest BCUT2D eigenvalue weighted by Crippen LogP contribution is 2.21. The molecular weight excluding hydrogens is 270 g/mol. The minimum absolute atomic E-state index is 0. The van der Waals surface area contributed by atoms with Crippen molar-refractivity contribution in [2.75, 3.05) is 45.8 Å². The van der Waals surface area contributed by atoms with Crippen molar-refractivity contribution < 1.29 is 0 Å². The van der Waals surface area contributed by atoms with E-state index in [0.717, 1.165) is 12.0 Å². The highest BCUT2D eigenvalue weighted by atomic mass is 35.5. The second kappa shape index (κ2) is 8.57. The molecule has 0 aliphatic carbocycles. The Bertz CT molecular complexity index is 262. The molecule has 0 aromatic carbocycles. The fraction of sp³-hybridized carbons (Fsp3) is 1.00. The molecule has 118 valence electrons. The van der Waals surface area contributed by atoms with Crippen LogP contribution in [-0.4, -0.2) is 61.7 Å². The van der Waals surface area contributed by atoms with Crippen molar-refractivity contribution in [2.24, 2.45) is 5.92 Å². The van der Waals surface area contributed by atoms with Crippen LogP contribution < -0.4 is 5.32 Å². The van der Waals surface area contributed by atoms with Crippen LogP contribution in [-0.2, 0) is 0 Å². The molecule has 0 radical (unpaired) electrons. The lowest BCUT2D eigenvalue weighted by molar-refractivity contribution is 0.160. The van der Waals surface area contributed by atoms with Gasteiger partial charge in [0.25, 0.3) is 0 Å². The molecule has 3 saturated heterocycles. The van der Waals surface area contributed by atoms with Gasteiger partial charge in [0.1, 0.15) is 0 Å². The van der Waals surface area contributed by atoms with Crippen molar-refractivity contribution in [3.63, 3.8) is 0 Å². The summed E-state index contributed by atoms with van der Waals surface area (Å²) in [4.78, 5) is 5.50. The van der Waals surface area contributed by atoms with E-state index in [1.165, 1.54) is 90.8 Å². The second-order valence-corrected chi connectivity index (χ2v) is 6.84. The van der Waals surface area contributed by atoms with Crippen LogP contribution in [0.4, 0.5) is 0 Å². The van der Waals surface area contributed by atoms with Crippen LogP contribution in [0.1, 0.15) is 44.9 Å². The number of hydrogen-bond acceptors (Lipinski definition) is 3. The molecule has 0 amide bonds. The third kappa shape index (κ3) is 4.59. The van der Waals surface area contributed by atoms with Gasteiger partial charge in [0.15, 0.2) is 0 Å². The average molecular weight is 302 g/mol. The molecule has 3 nitrogen and oxygen atoms in total. The summed E-state index contributed by atoms with van der Waals surface area (Å²) in [6, 6.07) is 0.879. The Hall–Kier alpha value is 0.170. The molecule has 3 fully saturated rings. The molecule has 3 aliphatic rings. The molecule has 2 atom stereocenters. The van der Waals surface area contributed by atoms with Crippen molar-refractivity contribution in [2.45, 2.75) is 51.0 Å². The zero-order valence-electron chi connectivity index (χ0n) is 12.9. The fourth-order valence-corrected chi connectivity index (χ4v) is 4.13. The number of nitrogens with one attached hydrogen (secondary N) is 1. The zero-order chi connectivity index (χ0) is 12.9. The molecule has 1 N–H and O–H groups in total. The molecule has 20 heavy (non-hydrogen) atoms. The van der Waals surface area contributed by atoms with E-state index < -0.39 is 0 Å². The molecule has 0 saturated carbocycles. The third-order valence-corrected chi connectivity index (χ3v) is 5.41. The predicted octanol–water partition coefficient (Wildman–Crippen LogP) is 2.36. The van der Waals surface area contributed by atoms with Gasteiger partial charge in [0.05, 0.1) is 0 Å². The van der Waals surface area contributed by atoms with Gasteiger partial charge in [-0.1, -0.05) is 6.42 Å². The molecule has 2 unspecified atom stereocenters. The van der Waals surface area contributed by atoms with E-state index >= 15 is 0 Å².